The molecule has 1 amide bonds. The fourth-order valence-electron chi connectivity index (χ4n) is 6.68. The Morgan fingerprint density at radius 2 is 1.02 bits per heavy atom. The van der Waals surface area contributed by atoms with Gasteiger partial charge in [-0.3, -0.25) is 9.59 Å². The topological polar surface area (TPSA) is 95.9 Å². The van der Waals surface area contributed by atoms with E-state index in [2.05, 4.69) is 50.4 Å². The standard InChI is InChI=1S/C49H87NO5/c1-4-7-10-13-16-19-22-24-26-29-32-35-38-41-47(52)46(44-51)50-48(53)43-45(40-37-34-31-28-25-21-18-15-12-9-6-3)55-49(54)42-39-36-33-30-27-23-20-17-14-11-8-5-2/h9,12,15,17-18,20-21,25,28,31,45-47,51-52H,4-8,10-11,13-14,16,19,22-24,26-27,29-30,32-44H2,1-3H3,(H,50,53)/b12-9+,18-15+,20-17-,25-21-,31-28-. The van der Waals surface area contributed by atoms with Crippen LogP contribution in [0.1, 0.15) is 213 Å². The van der Waals surface area contributed by atoms with Gasteiger partial charge in [-0.15, -0.1) is 0 Å². The van der Waals surface area contributed by atoms with Gasteiger partial charge in [0.1, 0.15) is 6.10 Å². The molecule has 6 heteroatoms. The fourth-order valence-corrected chi connectivity index (χ4v) is 6.68. The summed E-state index contributed by atoms with van der Waals surface area (Å²) >= 11 is 0. The second-order valence-electron chi connectivity index (χ2n) is 15.5. The largest absolute Gasteiger partial charge is 0.462 e. The fraction of sp³-hybridized carbons (Fsp3) is 0.755. The molecule has 0 fully saturated rings. The van der Waals surface area contributed by atoms with Crippen LogP contribution in [-0.4, -0.2) is 46.9 Å². The van der Waals surface area contributed by atoms with Gasteiger partial charge in [0.25, 0.3) is 0 Å². The molecule has 55 heavy (non-hydrogen) atoms. The molecule has 3 N–H and O–H groups in total. The number of carbonyl (C=O) groups is 2. The van der Waals surface area contributed by atoms with Gasteiger partial charge in [0.05, 0.1) is 25.2 Å². The number of allylic oxidation sites excluding steroid dienone is 10. The van der Waals surface area contributed by atoms with Crippen molar-refractivity contribution in [2.24, 2.45) is 0 Å². The number of amides is 1. The molecule has 0 aromatic rings. The highest BCUT2D eigenvalue weighted by Crippen LogP contribution is 2.16. The lowest BCUT2D eigenvalue weighted by Crippen LogP contribution is -2.46. The molecule has 3 atom stereocenters. The summed E-state index contributed by atoms with van der Waals surface area (Å²) in [7, 11) is 0. The van der Waals surface area contributed by atoms with Crippen LogP contribution in [-0.2, 0) is 14.3 Å². The van der Waals surface area contributed by atoms with E-state index in [9.17, 15) is 19.8 Å². The highest BCUT2D eigenvalue weighted by molar-refractivity contribution is 5.77. The van der Waals surface area contributed by atoms with Crippen LogP contribution in [0.3, 0.4) is 0 Å². The molecule has 0 aromatic carbocycles. The van der Waals surface area contributed by atoms with Gasteiger partial charge in [-0.2, -0.15) is 0 Å². The molecule has 0 radical (unpaired) electrons. The van der Waals surface area contributed by atoms with Gasteiger partial charge < -0.3 is 20.3 Å². The lowest BCUT2D eigenvalue weighted by Gasteiger charge is -2.24. The molecule has 3 unspecified atom stereocenters. The molecule has 0 saturated heterocycles. The van der Waals surface area contributed by atoms with Crippen LogP contribution in [0, 0.1) is 0 Å². The molecule has 0 aliphatic carbocycles. The summed E-state index contributed by atoms with van der Waals surface area (Å²) < 4.78 is 5.85. The molecule has 0 heterocycles. The minimum atomic E-state index is -0.805. The molecule has 318 valence electrons. The van der Waals surface area contributed by atoms with Crippen molar-refractivity contribution in [3.63, 3.8) is 0 Å². The van der Waals surface area contributed by atoms with Gasteiger partial charge >= 0.3 is 5.97 Å². The summed E-state index contributed by atoms with van der Waals surface area (Å²) in [6.07, 6.45) is 51.4. The number of nitrogens with one attached hydrogen (secondary N) is 1. The molecule has 0 bridgehead atoms. The third-order valence-electron chi connectivity index (χ3n) is 10.2. The Kier molecular flexibility index (Phi) is 40.8. The van der Waals surface area contributed by atoms with Crippen LogP contribution in [0.2, 0.25) is 0 Å². The highest BCUT2D eigenvalue weighted by Gasteiger charge is 2.24. The van der Waals surface area contributed by atoms with Crippen LogP contribution < -0.4 is 5.32 Å². The molecule has 0 rings (SSSR count). The van der Waals surface area contributed by atoms with Crippen LogP contribution in [0.4, 0.5) is 0 Å². The van der Waals surface area contributed by atoms with E-state index in [1.807, 2.05) is 36.5 Å². The van der Waals surface area contributed by atoms with E-state index >= 15 is 0 Å². The Bertz CT molecular complexity index is 999. The number of aliphatic hydroxyl groups is 2. The third-order valence-corrected chi connectivity index (χ3v) is 10.2. The maximum Gasteiger partial charge on any atom is 0.306 e. The van der Waals surface area contributed by atoms with Gasteiger partial charge in [-0.25, -0.2) is 0 Å². The zero-order valence-corrected chi connectivity index (χ0v) is 36.0. The maximum atomic E-state index is 13.1. The molecule has 0 saturated carbocycles. The monoisotopic (exact) mass is 770 g/mol. The minimum absolute atomic E-state index is 0.0271. The Balaban J connectivity index is 4.66. The Labute approximate surface area is 339 Å². The van der Waals surface area contributed by atoms with Gasteiger partial charge in [0.15, 0.2) is 0 Å². The molecule has 0 aliphatic heterocycles. The van der Waals surface area contributed by atoms with Crippen LogP contribution in [0.15, 0.2) is 60.8 Å². The van der Waals surface area contributed by atoms with E-state index in [4.69, 9.17) is 4.74 Å². The van der Waals surface area contributed by atoms with Crippen molar-refractivity contribution in [3.05, 3.63) is 60.8 Å². The van der Waals surface area contributed by atoms with Crippen molar-refractivity contribution in [1.29, 1.82) is 0 Å². The van der Waals surface area contributed by atoms with Crippen molar-refractivity contribution in [2.45, 2.75) is 232 Å². The van der Waals surface area contributed by atoms with E-state index in [0.29, 0.717) is 19.3 Å². The average molecular weight is 770 g/mol. The average Bonchev–Trinajstić information content (AvgIpc) is 3.18. The Morgan fingerprint density at radius 3 is 1.60 bits per heavy atom. The van der Waals surface area contributed by atoms with Gasteiger partial charge in [0, 0.05) is 6.42 Å². The number of aliphatic hydroxyl groups excluding tert-OH is 2. The van der Waals surface area contributed by atoms with E-state index in [1.165, 1.54) is 103 Å². The predicted molar refractivity (Wildman–Crippen MR) is 236 cm³/mol. The normalized spacial score (nSPS) is 13.9. The number of unbranched alkanes of at least 4 members (excludes halogenated alkanes) is 21. The zero-order chi connectivity index (χ0) is 40.3. The molecule has 0 aliphatic rings. The number of carbonyl (C=O) groups excluding carboxylic acids is 2. The van der Waals surface area contributed by atoms with E-state index in [0.717, 1.165) is 64.2 Å². The first-order chi connectivity index (χ1) is 27.0. The van der Waals surface area contributed by atoms with Crippen molar-refractivity contribution in [3.8, 4) is 0 Å². The molecular formula is C49H87NO5. The summed E-state index contributed by atoms with van der Waals surface area (Å²) in [5.74, 6) is -0.556. The van der Waals surface area contributed by atoms with Crippen molar-refractivity contribution in [1.82, 2.24) is 5.32 Å². The summed E-state index contributed by atoms with van der Waals surface area (Å²) in [6.45, 7) is 6.28. The van der Waals surface area contributed by atoms with Crippen LogP contribution in [0.5, 0.6) is 0 Å². The SMILES string of the molecule is CC/C=C/C=C/C=C\C=C/CCCC(CC(=O)NC(CO)C(O)CCCCCCCCCCCCCCC)OC(=O)CCCCCCC/C=C\CCCCC. The second-order valence-corrected chi connectivity index (χ2v) is 15.5. The van der Waals surface area contributed by atoms with Crippen molar-refractivity contribution in [2.75, 3.05) is 6.61 Å². The van der Waals surface area contributed by atoms with Gasteiger partial charge in [-0.1, -0.05) is 197 Å². The first kappa shape index (κ1) is 52.6. The Morgan fingerprint density at radius 1 is 0.545 bits per heavy atom. The molecule has 6 nitrogen and oxygen atoms in total. The predicted octanol–water partition coefficient (Wildman–Crippen LogP) is 13.3. The Hall–Kier alpha value is -2.44. The summed E-state index contributed by atoms with van der Waals surface area (Å²) in [6, 6.07) is -0.723. The molecule has 0 spiro atoms. The number of hydrogen-bond donors (Lipinski definition) is 3. The van der Waals surface area contributed by atoms with Gasteiger partial charge in [-0.05, 0) is 64.2 Å². The van der Waals surface area contributed by atoms with Gasteiger partial charge in [0.2, 0.25) is 5.91 Å². The van der Waals surface area contributed by atoms with Crippen LogP contribution in [0.25, 0.3) is 0 Å². The first-order valence-electron chi connectivity index (χ1n) is 23.1. The maximum absolute atomic E-state index is 13.1. The minimum Gasteiger partial charge on any atom is -0.462 e. The molecule has 0 aromatic heterocycles. The first-order valence-corrected chi connectivity index (χ1v) is 23.1. The summed E-state index contributed by atoms with van der Waals surface area (Å²) in [5.41, 5.74) is 0. The lowest BCUT2D eigenvalue weighted by atomic mass is 10.0. The summed E-state index contributed by atoms with van der Waals surface area (Å²) in [4.78, 5) is 25.9. The number of hydrogen-bond acceptors (Lipinski definition) is 5. The quantitative estimate of drug-likeness (QED) is 0.0250. The van der Waals surface area contributed by atoms with E-state index in [-0.39, 0.29) is 24.9 Å². The van der Waals surface area contributed by atoms with Crippen LogP contribution >= 0.6 is 0 Å². The number of ether oxygens (including phenoxy) is 1. The molecular weight excluding hydrogens is 683 g/mol. The van der Waals surface area contributed by atoms with Crippen molar-refractivity contribution >= 4 is 11.9 Å². The van der Waals surface area contributed by atoms with E-state index < -0.39 is 18.2 Å². The number of esters is 1. The summed E-state index contributed by atoms with van der Waals surface area (Å²) in [5, 5.41) is 23.6. The third kappa shape index (κ3) is 38.2. The lowest BCUT2D eigenvalue weighted by molar-refractivity contribution is -0.151. The number of rotatable bonds is 40. The van der Waals surface area contributed by atoms with Crippen molar-refractivity contribution < 1.29 is 24.5 Å². The second kappa shape index (κ2) is 42.7. The smallest absolute Gasteiger partial charge is 0.306 e. The van der Waals surface area contributed by atoms with E-state index in [1.54, 1.807) is 0 Å². The highest BCUT2D eigenvalue weighted by atomic mass is 16.5. The zero-order valence-electron chi connectivity index (χ0n) is 36.0.